The molecule has 0 atom stereocenters. The predicted octanol–water partition coefficient (Wildman–Crippen LogP) is 2.24. The van der Waals surface area contributed by atoms with Gasteiger partial charge in [-0.25, -0.2) is 0 Å². The van der Waals surface area contributed by atoms with Crippen molar-refractivity contribution in [2.24, 2.45) is 0 Å². The van der Waals surface area contributed by atoms with Crippen molar-refractivity contribution in [3.05, 3.63) is 29.8 Å². The van der Waals surface area contributed by atoms with Crippen molar-refractivity contribution < 1.29 is 14.3 Å². The van der Waals surface area contributed by atoms with Crippen LogP contribution in [0.2, 0.25) is 0 Å². The van der Waals surface area contributed by atoms with Gasteiger partial charge in [-0.3, -0.25) is 4.79 Å². The quantitative estimate of drug-likeness (QED) is 0.841. The highest BCUT2D eigenvalue weighted by molar-refractivity contribution is 5.77. The lowest BCUT2D eigenvalue weighted by atomic mass is 10.2. The third-order valence-electron chi connectivity index (χ3n) is 2.26. The Bertz CT molecular complexity index is 427. The molecule has 0 aliphatic rings. The molecule has 0 bridgehead atoms. The number of likely N-dealkylation sites (N-methyl/N-ethyl adjacent to an activating group) is 1. The van der Waals surface area contributed by atoms with Crippen molar-refractivity contribution >= 4 is 12.0 Å². The Morgan fingerprint density at radius 1 is 1.33 bits per heavy atom. The summed E-state index contributed by atoms with van der Waals surface area (Å²) in [6, 6.07) is 5.64. The number of carbonyl (C=O) groups excluding carboxylic acids is 1. The first-order chi connectivity index (χ1) is 8.71. The van der Waals surface area contributed by atoms with Gasteiger partial charge in [0.2, 0.25) is 0 Å². The molecule has 0 fully saturated rings. The van der Waals surface area contributed by atoms with E-state index in [1.54, 1.807) is 7.05 Å². The minimum Gasteiger partial charge on any atom is -0.490 e. The fourth-order valence-electron chi connectivity index (χ4n) is 1.42. The predicted molar refractivity (Wildman–Crippen MR) is 71.9 cm³/mol. The molecule has 0 saturated carbocycles. The van der Waals surface area contributed by atoms with Crippen LogP contribution >= 0.6 is 0 Å². The molecule has 0 aromatic heterocycles. The van der Waals surface area contributed by atoms with Crippen LogP contribution in [-0.4, -0.2) is 26.2 Å². The van der Waals surface area contributed by atoms with Gasteiger partial charge >= 0.3 is 0 Å². The second kappa shape index (κ2) is 7.37. The van der Waals surface area contributed by atoms with Gasteiger partial charge in [-0.05, 0) is 31.5 Å². The van der Waals surface area contributed by atoms with E-state index in [1.165, 1.54) is 0 Å². The Balaban J connectivity index is 2.88. The summed E-state index contributed by atoms with van der Waals surface area (Å²) in [5, 5.41) is 2.51. The lowest BCUT2D eigenvalue weighted by molar-refractivity contribution is -0.122. The summed E-state index contributed by atoms with van der Waals surface area (Å²) in [4.78, 5) is 11.2. The fourth-order valence-corrected chi connectivity index (χ4v) is 1.42. The first kappa shape index (κ1) is 14.1. The number of allylic oxidation sites excluding steroid dienone is 1. The first-order valence-corrected chi connectivity index (χ1v) is 5.94. The van der Waals surface area contributed by atoms with E-state index in [2.05, 4.69) is 5.32 Å². The van der Waals surface area contributed by atoms with Crippen LogP contribution in [-0.2, 0) is 4.79 Å². The summed E-state index contributed by atoms with van der Waals surface area (Å²) in [6.45, 7) is 4.39. The van der Waals surface area contributed by atoms with Gasteiger partial charge in [-0.1, -0.05) is 18.2 Å². The number of benzene rings is 1. The normalized spacial score (nSPS) is 10.4. The molecular formula is C14H19NO3. The SMILES string of the molecule is CC=Cc1ccc(OCC)c(OCC(=O)NC)c1. The van der Waals surface area contributed by atoms with Gasteiger partial charge < -0.3 is 14.8 Å². The lowest BCUT2D eigenvalue weighted by Crippen LogP contribution is -2.25. The van der Waals surface area contributed by atoms with Crippen LogP contribution in [0.25, 0.3) is 6.08 Å². The molecule has 1 rings (SSSR count). The molecule has 0 unspecified atom stereocenters. The number of nitrogens with one attached hydrogen (secondary N) is 1. The Labute approximate surface area is 108 Å². The van der Waals surface area contributed by atoms with Gasteiger partial charge in [-0.2, -0.15) is 0 Å². The van der Waals surface area contributed by atoms with Crippen molar-refractivity contribution in [2.45, 2.75) is 13.8 Å². The molecule has 1 N–H and O–H groups in total. The second-order valence-electron chi connectivity index (χ2n) is 3.60. The van der Waals surface area contributed by atoms with Crippen LogP contribution in [0, 0.1) is 0 Å². The number of carbonyl (C=O) groups is 1. The summed E-state index contributed by atoms with van der Waals surface area (Å²) >= 11 is 0. The van der Waals surface area contributed by atoms with Gasteiger partial charge in [0.1, 0.15) is 0 Å². The molecule has 4 nitrogen and oxygen atoms in total. The molecule has 1 aromatic rings. The highest BCUT2D eigenvalue weighted by Crippen LogP contribution is 2.28. The molecule has 0 aliphatic heterocycles. The van der Waals surface area contributed by atoms with E-state index in [0.717, 1.165) is 5.56 Å². The fraction of sp³-hybridized carbons (Fsp3) is 0.357. The number of amides is 1. The second-order valence-corrected chi connectivity index (χ2v) is 3.60. The third kappa shape index (κ3) is 4.13. The molecule has 0 heterocycles. The highest BCUT2D eigenvalue weighted by Gasteiger charge is 2.07. The van der Waals surface area contributed by atoms with Crippen molar-refractivity contribution in [1.29, 1.82) is 0 Å². The Morgan fingerprint density at radius 2 is 2.11 bits per heavy atom. The van der Waals surface area contributed by atoms with Crippen molar-refractivity contribution in [2.75, 3.05) is 20.3 Å². The van der Waals surface area contributed by atoms with Crippen LogP contribution in [0.3, 0.4) is 0 Å². The van der Waals surface area contributed by atoms with E-state index in [4.69, 9.17) is 9.47 Å². The van der Waals surface area contributed by atoms with Gasteiger partial charge in [-0.15, -0.1) is 0 Å². The average molecular weight is 249 g/mol. The summed E-state index contributed by atoms with van der Waals surface area (Å²) in [7, 11) is 1.57. The molecular weight excluding hydrogens is 230 g/mol. The molecule has 98 valence electrons. The maximum atomic E-state index is 11.2. The first-order valence-electron chi connectivity index (χ1n) is 5.94. The number of rotatable bonds is 6. The third-order valence-corrected chi connectivity index (χ3v) is 2.26. The smallest absolute Gasteiger partial charge is 0.257 e. The van der Waals surface area contributed by atoms with Gasteiger partial charge in [0, 0.05) is 7.05 Å². The van der Waals surface area contributed by atoms with Crippen LogP contribution in [0.15, 0.2) is 24.3 Å². The van der Waals surface area contributed by atoms with Crippen LogP contribution < -0.4 is 14.8 Å². The van der Waals surface area contributed by atoms with Crippen LogP contribution in [0.4, 0.5) is 0 Å². The van der Waals surface area contributed by atoms with Gasteiger partial charge in [0.25, 0.3) is 5.91 Å². The minimum atomic E-state index is -0.172. The zero-order chi connectivity index (χ0) is 13.4. The average Bonchev–Trinajstić information content (AvgIpc) is 2.39. The minimum absolute atomic E-state index is 0.0180. The lowest BCUT2D eigenvalue weighted by Gasteiger charge is -2.12. The number of ether oxygens (including phenoxy) is 2. The van der Waals surface area contributed by atoms with E-state index in [-0.39, 0.29) is 12.5 Å². The Kier molecular flexibility index (Phi) is 5.77. The monoisotopic (exact) mass is 249 g/mol. The van der Waals surface area contributed by atoms with Crippen molar-refractivity contribution in [3.63, 3.8) is 0 Å². The zero-order valence-corrected chi connectivity index (χ0v) is 11.0. The molecule has 0 aliphatic carbocycles. The van der Waals surface area contributed by atoms with E-state index < -0.39 is 0 Å². The maximum absolute atomic E-state index is 11.2. The van der Waals surface area contributed by atoms with E-state index in [9.17, 15) is 4.79 Å². The summed E-state index contributed by atoms with van der Waals surface area (Å²) < 4.78 is 10.9. The molecule has 4 heteroatoms. The van der Waals surface area contributed by atoms with Crippen molar-refractivity contribution in [1.82, 2.24) is 5.32 Å². The van der Waals surface area contributed by atoms with Gasteiger partial charge in [0.15, 0.2) is 18.1 Å². The van der Waals surface area contributed by atoms with Crippen LogP contribution in [0.1, 0.15) is 19.4 Å². The van der Waals surface area contributed by atoms with Gasteiger partial charge in [0.05, 0.1) is 6.61 Å². The standard InChI is InChI=1S/C14H19NO3/c1-4-6-11-7-8-12(17-5-2)13(9-11)18-10-14(16)15-3/h4,6-9H,5,10H2,1-3H3,(H,15,16). The molecule has 0 spiro atoms. The molecule has 1 aromatic carbocycles. The number of hydrogen-bond acceptors (Lipinski definition) is 3. The Hall–Kier alpha value is -1.97. The topological polar surface area (TPSA) is 47.6 Å². The molecule has 0 radical (unpaired) electrons. The maximum Gasteiger partial charge on any atom is 0.257 e. The van der Waals surface area contributed by atoms with E-state index in [1.807, 2.05) is 44.2 Å². The highest BCUT2D eigenvalue weighted by atomic mass is 16.5. The summed E-state index contributed by atoms with van der Waals surface area (Å²) in [6.07, 6.45) is 3.90. The Morgan fingerprint density at radius 3 is 2.72 bits per heavy atom. The molecule has 0 saturated heterocycles. The number of hydrogen-bond donors (Lipinski definition) is 1. The molecule has 1 amide bonds. The zero-order valence-electron chi connectivity index (χ0n) is 11.0. The molecule has 18 heavy (non-hydrogen) atoms. The van der Waals surface area contributed by atoms with E-state index in [0.29, 0.717) is 18.1 Å². The largest absolute Gasteiger partial charge is 0.490 e. The van der Waals surface area contributed by atoms with Crippen LogP contribution in [0.5, 0.6) is 11.5 Å². The van der Waals surface area contributed by atoms with E-state index >= 15 is 0 Å². The van der Waals surface area contributed by atoms with Crippen molar-refractivity contribution in [3.8, 4) is 11.5 Å². The summed E-state index contributed by atoms with van der Waals surface area (Å²) in [5.74, 6) is 1.06. The summed E-state index contributed by atoms with van der Waals surface area (Å²) in [5.41, 5.74) is 1.01.